The van der Waals surface area contributed by atoms with E-state index in [4.69, 9.17) is 4.74 Å². The summed E-state index contributed by atoms with van der Waals surface area (Å²) in [5, 5.41) is 3.23. The molecule has 0 saturated carbocycles. The van der Waals surface area contributed by atoms with Crippen molar-refractivity contribution in [2.75, 3.05) is 33.8 Å². The third-order valence-corrected chi connectivity index (χ3v) is 3.13. The zero-order valence-electron chi connectivity index (χ0n) is 11.0. The number of benzene rings is 1. The van der Waals surface area contributed by atoms with Crippen molar-refractivity contribution in [3.63, 3.8) is 0 Å². The molecule has 1 heterocycles. The summed E-state index contributed by atoms with van der Waals surface area (Å²) in [5.74, 6) is -0.177. The summed E-state index contributed by atoms with van der Waals surface area (Å²) in [4.78, 5) is 14.0. The van der Waals surface area contributed by atoms with Crippen LogP contribution < -0.4 is 5.32 Å². The minimum atomic E-state index is -0.308. The normalized spacial score (nSPS) is 18.5. The standard InChI is InChI=1S/C14H20N2O2/c1-16(2)9-10-18-14(17)13-12-6-4-3-5-11(12)7-8-15-13/h3-6,13,15H,7-10H2,1-2H3. The lowest BCUT2D eigenvalue weighted by molar-refractivity contribution is -0.146. The molecule has 1 aromatic rings. The first-order valence-electron chi connectivity index (χ1n) is 6.31. The van der Waals surface area contributed by atoms with Gasteiger partial charge in [0.25, 0.3) is 0 Å². The number of carbonyl (C=O) groups is 1. The number of rotatable bonds is 4. The minimum absolute atomic E-state index is 0.177. The molecule has 1 atom stereocenters. The predicted octanol–water partition coefficient (Wildman–Crippen LogP) is 0.978. The summed E-state index contributed by atoms with van der Waals surface area (Å²) < 4.78 is 5.31. The second kappa shape index (κ2) is 5.98. The molecule has 4 heteroatoms. The van der Waals surface area contributed by atoms with E-state index in [9.17, 15) is 4.79 Å². The van der Waals surface area contributed by atoms with Crippen molar-refractivity contribution >= 4 is 5.97 Å². The van der Waals surface area contributed by atoms with E-state index < -0.39 is 0 Å². The molecular weight excluding hydrogens is 228 g/mol. The topological polar surface area (TPSA) is 41.6 Å². The number of fused-ring (bicyclic) bond motifs is 1. The zero-order valence-corrected chi connectivity index (χ0v) is 11.0. The van der Waals surface area contributed by atoms with Crippen LogP contribution >= 0.6 is 0 Å². The third-order valence-electron chi connectivity index (χ3n) is 3.13. The Balaban J connectivity index is 1.99. The number of nitrogens with one attached hydrogen (secondary N) is 1. The number of ether oxygens (including phenoxy) is 1. The molecule has 0 aromatic heterocycles. The SMILES string of the molecule is CN(C)CCOC(=O)C1NCCc2ccccc21. The number of esters is 1. The molecule has 0 bridgehead atoms. The average Bonchev–Trinajstić information content (AvgIpc) is 2.37. The van der Waals surface area contributed by atoms with Crippen LogP contribution in [0.15, 0.2) is 24.3 Å². The minimum Gasteiger partial charge on any atom is -0.463 e. The van der Waals surface area contributed by atoms with Crippen LogP contribution in [0.5, 0.6) is 0 Å². The fourth-order valence-electron chi connectivity index (χ4n) is 2.13. The van der Waals surface area contributed by atoms with Crippen molar-refractivity contribution in [2.24, 2.45) is 0 Å². The molecule has 0 fully saturated rings. The maximum Gasteiger partial charge on any atom is 0.327 e. The van der Waals surface area contributed by atoms with E-state index in [1.807, 2.05) is 37.2 Å². The summed E-state index contributed by atoms with van der Waals surface area (Å²) in [5.41, 5.74) is 2.30. The highest BCUT2D eigenvalue weighted by molar-refractivity contribution is 5.78. The first kappa shape index (κ1) is 13.1. The summed E-state index contributed by atoms with van der Waals surface area (Å²) in [7, 11) is 3.92. The Bertz CT molecular complexity index is 418. The Morgan fingerprint density at radius 2 is 2.22 bits per heavy atom. The molecular formula is C14H20N2O2. The number of hydrogen-bond donors (Lipinski definition) is 1. The van der Waals surface area contributed by atoms with Crippen molar-refractivity contribution in [3.05, 3.63) is 35.4 Å². The van der Waals surface area contributed by atoms with Crippen LogP contribution in [0.2, 0.25) is 0 Å². The first-order valence-corrected chi connectivity index (χ1v) is 6.31. The van der Waals surface area contributed by atoms with Crippen LogP contribution in [0.25, 0.3) is 0 Å². The third kappa shape index (κ3) is 3.09. The molecule has 2 rings (SSSR count). The number of nitrogens with zero attached hydrogens (tertiary/aromatic N) is 1. The molecule has 1 unspecified atom stereocenters. The highest BCUT2D eigenvalue weighted by Crippen LogP contribution is 2.23. The summed E-state index contributed by atoms with van der Waals surface area (Å²) >= 11 is 0. The number of likely N-dealkylation sites (N-methyl/N-ethyl adjacent to an activating group) is 1. The van der Waals surface area contributed by atoms with E-state index >= 15 is 0 Å². The average molecular weight is 248 g/mol. The lowest BCUT2D eigenvalue weighted by Crippen LogP contribution is -2.36. The molecule has 4 nitrogen and oxygen atoms in total. The predicted molar refractivity (Wildman–Crippen MR) is 70.4 cm³/mol. The van der Waals surface area contributed by atoms with E-state index in [1.54, 1.807) is 0 Å². The maximum absolute atomic E-state index is 12.0. The molecule has 18 heavy (non-hydrogen) atoms. The van der Waals surface area contributed by atoms with Crippen molar-refractivity contribution in [2.45, 2.75) is 12.5 Å². The van der Waals surface area contributed by atoms with Gasteiger partial charge >= 0.3 is 5.97 Å². The fourth-order valence-corrected chi connectivity index (χ4v) is 2.13. The monoisotopic (exact) mass is 248 g/mol. The van der Waals surface area contributed by atoms with Gasteiger partial charge < -0.3 is 15.0 Å². The summed E-state index contributed by atoms with van der Waals surface area (Å²) in [6.45, 7) is 2.01. The van der Waals surface area contributed by atoms with Gasteiger partial charge in [-0.3, -0.25) is 0 Å². The van der Waals surface area contributed by atoms with Gasteiger partial charge in [0, 0.05) is 13.1 Å². The van der Waals surface area contributed by atoms with Gasteiger partial charge in [-0.1, -0.05) is 24.3 Å². The second-order valence-electron chi connectivity index (χ2n) is 4.81. The molecule has 0 amide bonds. The van der Waals surface area contributed by atoms with E-state index in [2.05, 4.69) is 11.4 Å². The van der Waals surface area contributed by atoms with Gasteiger partial charge in [0.05, 0.1) is 0 Å². The first-order chi connectivity index (χ1) is 8.68. The zero-order chi connectivity index (χ0) is 13.0. The largest absolute Gasteiger partial charge is 0.463 e. The van der Waals surface area contributed by atoms with Gasteiger partial charge in [-0.15, -0.1) is 0 Å². The van der Waals surface area contributed by atoms with Gasteiger partial charge in [0.2, 0.25) is 0 Å². The van der Waals surface area contributed by atoms with Crippen LogP contribution in [0.3, 0.4) is 0 Å². The van der Waals surface area contributed by atoms with Crippen molar-refractivity contribution in [3.8, 4) is 0 Å². The van der Waals surface area contributed by atoms with Crippen LogP contribution in [0.1, 0.15) is 17.2 Å². The molecule has 98 valence electrons. The Kier molecular flexibility index (Phi) is 4.33. The Labute approximate surface area is 108 Å². The molecule has 1 aromatic carbocycles. The van der Waals surface area contributed by atoms with Crippen LogP contribution in [0, 0.1) is 0 Å². The maximum atomic E-state index is 12.0. The van der Waals surface area contributed by atoms with E-state index in [-0.39, 0.29) is 12.0 Å². The highest BCUT2D eigenvalue weighted by atomic mass is 16.5. The van der Waals surface area contributed by atoms with Crippen molar-refractivity contribution in [1.82, 2.24) is 10.2 Å². The summed E-state index contributed by atoms with van der Waals surface area (Å²) in [6.07, 6.45) is 0.970. The van der Waals surface area contributed by atoms with Gasteiger partial charge in [-0.05, 0) is 31.6 Å². The van der Waals surface area contributed by atoms with Gasteiger partial charge in [0.1, 0.15) is 12.6 Å². The lowest BCUT2D eigenvalue weighted by Gasteiger charge is -2.25. The van der Waals surface area contributed by atoms with Crippen LogP contribution in [-0.4, -0.2) is 44.7 Å². The highest BCUT2D eigenvalue weighted by Gasteiger charge is 2.26. The Hall–Kier alpha value is -1.39. The van der Waals surface area contributed by atoms with Crippen molar-refractivity contribution < 1.29 is 9.53 Å². The van der Waals surface area contributed by atoms with Crippen LogP contribution in [0.4, 0.5) is 0 Å². The fraction of sp³-hybridized carbons (Fsp3) is 0.500. The molecule has 1 aliphatic rings. The molecule has 1 aliphatic heterocycles. The van der Waals surface area contributed by atoms with Crippen molar-refractivity contribution in [1.29, 1.82) is 0 Å². The lowest BCUT2D eigenvalue weighted by atomic mass is 9.94. The molecule has 0 aliphatic carbocycles. The molecule has 0 saturated heterocycles. The number of hydrogen-bond acceptors (Lipinski definition) is 4. The molecule has 0 spiro atoms. The number of carbonyl (C=O) groups excluding carboxylic acids is 1. The van der Waals surface area contributed by atoms with Crippen LogP contribution in [-0.2, 0) is 16.0 Å². The van der Waals surface area contributed by atoms with Gasteiger partial charge in [0.15, 0.2) is 0 Å². The molecule has 0 radical (unpaired) electrons. The molecule has 1 N–H and O–H groups in total. The van der Waals surface area contributed by atoms with E-state index in [0.29, 0.717) is 6.61 Å². The van der Waals surface area contributed by atoms with Gasteiger partial charge in [-0.25, -0.2) is 4.79 Å². The van der Waals surface area contributed by atoms with E-state index in [0.717, 1.165) is 25.1 Å². The summed E-state index contributed by atoms with van der Waals surface area (Å²) in [6, 6.07) is 7.75. The Morgan fingerprint density at radius 1 is 1.44 bits per heavy atom. The van der Waals surface area contributed by atoms with E-state index in [1.165, 1.54) is 5.56 Å². The smallest absolute Gasteiger partial charge is 0.327 e. The Morgan fingerprint density at radius 3 is 3.00 bits per heavy atom. The van der Waals surface area contributed by atoms with Gasteiger partial charge in [-0.2, -0.15) is 0 Å². The second-order valence-corrected chi connectivity index (χ2v) is 4.81. The quantitative estimate of drug-likeness (QED) is 0.807.